The highest BCUT2D eigenvalue weighted by molar-refractivity contribution is 5.97. The van der Waals surface area contributed by atoms with E-state index >= 15 is 0 Å². The van der Waals surface area contributed by atoms with Crippen LogP contribution >= 0.6 is 0 Å². The molecule has 2 amide bonds. The van der Waals surface area contributed by atoms with E-state index in [0.717, 1.165) is 5.56 Å². The van der Waals surface area contributed by atoms with Crippen molar-refractivity contribution in [2.45, 2.75) is 6.54 Å². The van der Waals surface area contributed by atoms with Crippen LogP contribution in [0.5, 0.6) is 5.75 Å². The maximum Gasteiger partial charge on any atom is 0.264 e. The van der Waals surface area contributed by atoms with Crippen LogP contribution in [0.2, 0.25) is 0 Å². The number of likely N-dealkylation sites (N-methyl/N-ethyl adjacent to an activating group) is 1. The van der Waals surface area contributed by atoms with Gasteiger partial charge in [-0.3, -0.25) is 9.59 Å². The summed E-state index contributed by atoms with van der Waals surface area (Å²) in [5.41, 5.74) is 1.75. The molecule has 2 aromatic rings. The van der Waals surface area contributed by atoms with Crippen molar-refractivity contribution in [2.75, 3.05) is 18.6 Å². The molecule has 0 unspecified atom stereocenters. The van der Waals surface area contributed by atoms with E-state index in [-0.39, 0.29) is 30.5 Å². The van der Waals surface area contributed by atoms with Crippen molar-refractivity contribution in [1.29, 1.82) is 0 Å². The topological polar surface area (TPSA) is 58.6 Å². The Bertz CT molecular complexity index is 776. The monoisotopic (exact) mass is 314 g/mol. The lowest BCUT2D eigenvalue weighted by molar-refractivity contribution is -0.120. The largest absolute Gasteiger partial charge is 0.482 e. The Morgan fingerprint density at radius 3 is 2.91 bits per heavy atom. The number of nitrogens with one attached hydrogen (secondary N) is 1. The van der Waals surface area contributed by atoms with Crippen LogP contribution in [-0.4, -0.2) is 25.5 Å². The van der Waals surface area contributed by atoms with E-state index in [0.29, 0.717) is 11.4 Å². The van der Waals surface area contributed by atoms with Crippen LogP contribution < -0.4 is 15.0 Å². The second-order valence-electron chi connectivity index (χ2n) is 5.24. The number of ether oxygens (including phenoxy) is 1. The van der Waals surface area contributed by atoms with Crippen molar-refractivity contribution < 1.29 is 18.7 Å². The molecule has 1 heterocycles. The average molecular weight is 314 g/mol. The lowest BCUT2D eigenvalue weighted by Gasteiger charge is -2.26. The summed E-state index contributed by atoms with van der Waals surface area (Å²) in [6.45, 7) is 0.295. The van der Waals surface area contributed by atoms with Crippen molar-refractivity contribution in [3.8, 4) is 5.75 Å². The van der Waals surface area contributed by atoms with Gasteiger partial charge in [-0.25, -0.2) is 4.39 Å². The minimum atomic E-state index is -0.455. The van der Waals surface area contributed by atoms with Gasteiger partial charge in [0.05, 0.1) is 5.69 Å². The Morgan fingerprint density at radius 1 is 1.30 bits per heavy atom. The molecule has 6 heteroatoms. The number of hydrogen-bond donors (Lipinski definition) is 1. The third-order valence-corrected chi connectivity index (χ3v) is 3.65. The van der Waals surface area contributed by atoms with E-state index < -0.39 is 5.82 Å². The molecule has 1 N–H and O–H groups in total. The van der Waals surface area contributed by atoms with Crippen molar-refractivity contribution in [3.63, 3.8) is 0 Å². The molecular formula is C17H15FN2O3. The number of carbonyl (C=O) groups excluding carboxylic acids is 2. The van der Waals surface area contributed by atoms with Gasteiger partial charge in [-0.05, 0) is 35.9 Å². The molecule has 0 spiro atoms. The highest BCUT2D eigenvalue weighted by Gasteiger charge is 2.22. The first-order valence-electron chi connectivity index (χ1n) is 7.10. The van der Waals surface area contributed by atoms with E-state index in [4.69, 9.17) is 4.74 Å². The summed E-state index contributed by atoms with van der Waals surface area (Å²) in [5, 5.41) is 2.73. The number of rotatable bonds is 3. The molecule has 0 fully saturated rings. The van der Waals surface area contributed by atoms with Crippen LogP contribution in [-0.2, 0) is 11.3 Å². The standard InChI is InChI=1S/C17H15FN2O3/c1-20-14-7-11(5-6-15(14)23-10-16(20)21)9-19-17(22)12-3-2-4-13(18)8-12/h2-8H,9-10H2,1H3,(H,19,22). The maximum absolute atomic E-state index is 13.1. The molecule has 0 atom stereocenters. The number of benzene rings is 2. The zero-order chi connectivity index (χ0) is 16.4. The SMILES string of the molecule is CN1C(=O)COc2ccc(CNC(=O)c3cccc(F)c3)cc21. The predicted molar refractivity (Wildman–Crippen MR) is 82.9 cm³/mol. The van der Waals surface area contributed by atoms with Crippen LogP contribution in [0, 0.1) is 5.82 Å². The first kappa shape index (κ1) is 15.0. The molecule has 0 radical (unpaired) electrons. The number of amides is 2. The van der Waals surface area contributed by atoms with Crippen molar-refractivity contribution in [3.05, 3.63) is 59.4 Å². The van der Waals surface area contributed by atoms with Gasteiger partial charge in [0.1, 0.15) is 11.6 Å². The molecule has 0 saturated carbocycles. The Balaban J connectivity index is 1.72. The predicted octanol–water partition coefficient (Wildman–Crippen LogP) is 2.11. The summed E-state index contributed by atoms with van der Waals surface area (Å²) in [7, 11) is 1.68. The molecule has 23 heavy (non-hydrogen) atoms. The number of halogens is 1. The third-order valence-electron chi connectivity index (χ3n) is 3.65. The van der Waals surface area contributed by atoms with Gasteiger partial charge in [0.15, 0.2) is 6.61 Å². The van der Waals surface area contributed by atoms with Gasteiger partial charge < -0.3 is 15.0 Å². The fourth-order valence-corrected chi connectivity index (χ4v) is 2.34. The molecule has 118 valence electrons. The second-order valence-corrected chi connectivity index (χ2v) is 5.24. The highest BCUT2D eigenvalue weighted by Crippen LogP contribution is 2.31. The Labute approximate surface area is 132 Å². The van der Waals surface area contributed by atoms with Gasteiger partial charge in [0.2, 0.25) is 0 Å². The number of fused-ring (bicyclic) bond motifs is 1. The van der Waals surface area contributed by atoms with E-state index in [9.17, 15) is 14.0 Å². The average Bonchev–Trinajstić information content (AvgIpc) is 2.56. The first-order chi connectivity index (χ1) is 11.0. The molecule has 0 aliphatic carbocycles. The van der Waals surface area contributed by atoms with E-state index in [1.54, 1.807) is 25.2 Å². The summed E-state index contributed by atoms with van der Waals surface area (Å²) in [6, 6.07) is 10.9. The second kappa shape index (κ2) is 6.08. The van der Waals surface area contributed by atoms with Gasteiger partial charge in [-0.2, -0.15) is 0 Å². The molecule has 5 nitrogen and oxygen atoms in total. The quantitative estimate of drug-likeness (QED) is 0.944. The number of nitrogens with zero attached hydrogens (tertiary/aromatic N) is 1. The van der Waals surface area contributed by atoms with Crippen LogP contribution in [0.4, 0.5) is 10.1 Å². The molecule has 0 saturated heterocycles. The van der Waals surface area contributed by atoms with Gasteiger partial charge >= 0.3 is 0 Å². The Morgan fingerprint density at radius 2 is 2.13 bits per heavy atom. The van der Waals surface area contributed by atoms with E-state index in [2.05, 4.69) is 5.32 Å². The van der Waals surface area contributed by atoms with Gasteiger partial charge in [0.25, 0.3) is 11.8 Å². The molecule has 0 bridgehead atoms. The molecular weight excluding hydrogens is 299 g/mol. The van der Waals surface area contributed by atoms with Gasteiger partial charge in [-0.15, -0.1) is 0 Å². The van der Waals surface area contributed by atoms with E-state index in [1.165, 1.54) is 23.1 Å². The van der Waals surface area contributed by atoms with E-state index in [1.807, 2.05) is 6.07 Å². The molecule has 1 aliphatic rings. The summed E-state index contributed by atoms with van der Waals surface area (Å²) in [5.74, 6) is -0.308. The number of hydrogen-bond acceptors (Lipinski definition) is 3. The summed E-state index contributed by atoms with van der Waals surface area (Å²) in [4.78, 5) is 25.2. The van der Waals surface area contributed by atoms with Crippen molar-refractivity contribution in [1.82, 2.24) is 5.32 Å². The minimum Gasteiger partial charge on any atom is -0.482 e. The fraction of sp³-hybridized carbons (Fsp3) is 0.176. The van der Waals surface area contributed by atoms with Crippen LogP contribution in [0.3, 0.4) is 0 Å². The number of carbonyl (C=O) groups is 2. The zero-order valence-electron chi connectivity index (χ0n) is 12.5. The lowest BCUT2D eigenvalue weighted by atomic mass is 10.1. The zero-order valence-corrected chi connectivity index (χ0v) is 12.5. The lowest BCUT2D eigenvalue weighted by Crippen LogP contribution is -2.35. The first-order valence-corrected chi connectivity index (χ1v) is 7.10. The third kappa shape index (κ3) is 3.15. The maximum atomic E-state index is 13.1. The minimum absolute atomic E-state index is 0.0269. The van der Waals surface area contributed by atoms with Crippen molar-refractivity contribution in [2.24, 2.45) is 0 Å². The highest BCUT2D eigenvalue weighted by atomic mass is 19.1. The van der Waals surface area contributed by atoms with Crippen LogP contribution in [0.15, 0.2) is 42.5 Å². The van der Waals surface area contributed by atoms with Crippen molar-refractivity contribution >= 4 is 17.5 Å². The molecule has 0 aromatic heterocycles. The summed E-state index contributed by atoms with van der Waals surface area (Å²) < 4.78 is 18.5. The normalized spacial score (nSPS) is 13.3. The smallest absolute Gasteiger partial charge is 0.264 e. The molecule has 1 aliphatic heterocycles. The van der Waals surface area contributed by atoms with Gasteiger partial charge in [0, 0.05) is 19.2 Å². The fourth-order valence-electron chi connectivity index (χ4n) is 2.34. The van der Waals surface area contributed by atoms with Crippen LogP contribution in [0.25, 0.3) is 0 Å². The summed E-state index contributed by atoms with van der Waals surface area (Å²) >= 11 is 0. The summed E-state index contributed by atoms with van der Waals surface area (Å²) in [6.07, 6.45) is 0. The van der Waals surface area contributed by atoms with Crippen LogP contribution in [0.1, 0.15) is 15.9 Å². The Kier molecular flexibility index (Phi) is 3.97. The molecule has 3 rings (SSSR count). The number of anilines is 1. The van der Waals surface area contributed by atoms with Gasteiger partial charge in [-0.1, -0.05) is 12.1 Å². The Hall–Kier alpha value is -2.89. The molecule has 2 aromatic carbocycles.